The zero-order valence-electron chi connectivity index (χ0n) is 14.1. The predicted molar refractivity (Wildman–Crippen MR) is 93.0 cm³/mol. The van der Waals surface area contributed by atoms with Gasteiger partial charge in [-0.3, -0.25) is 0 Å². The summed E-state index contributed by atoms with van der Waals surface area (Å²) < 4.78 is 5.64. The van der Waals surface area contributed by atoms with Gasteiger partial charge in [-0.05, 0) is 49.9 Å². The van der Waals surface area contributed by atoms with E-state index in [0.29, 0.717) is 12.0 Å². The number of hydrogen-bond donors (Lipinski definition) is 1. The van der Waals surface area contributed by atoms with Crippen molar-refractivity contribution in [3.8, 4) is 0 Å². The van der Waals surface area contributed by atoms with E-state index in [1.54, 1.807) is 6.26 Å². The Morgan fingerprint density at radius 1 is 0.909 bits per heavy atom. The number of furan rings is 1. The second-order valence-electron chi connectivity index (χ2n) is 6.56. The molecule has 2 nitrogen and oxygen atoms in total. The Balaban J connectivity index is 1.83. The molecule has 2 atom stereocenters. The molecule has 1 aromatic carbocycles. The molecule has 0 fully saturated rings. The molecule has 0 unspecified atom stereocenters. The van der Waals surface area contributed by atoms with Crippen LogP contribution in [0.15, 0.2) is 53.1 Å². The molecule has 22 heavy (non-hydrogen) atoms. The molecule has 0 aliphatic carbocycles. The monoisotopic (exact) mass is 299 g/mol. The molecule has 0 saturated carbocycles. The summed E-state index contributed by atoms with van der Waals surface area (Å²) >= 11 is 0. The van der Waals surface area contributed by atoms with Crippen LogP contribution in [-0.2, 0) is 0 Å². The lowest BCUT2D eigenvalue weighted by atomic mass is 9.93. The van der Waals surface area contributed by atoms with Crippen LogP contribution in [0.1, 0.15) is 63.3 Å². The minimum atomic E-state index is 0.392. The van der Waals surface area contributed by atoms with Crippen molar-refractivity contribution in [3.63, 3.8) is 0 Å². The van der Waals surface area contributed by atoms with Crippen LogP contribution in [0, 0.1) is 5.92 Å². The third-order valence-corrected chi connectivity index (χ3v) is 4.28. The van der Waals surface area contributed by atoms with Crippen molar-refractivity contribution < 1.29 is 4.42 Å². The highest BCUT2D eigenvalue weighted by molar-refractivity contribution is 5.18. The SMILES string of the molecule is CC(C)CC[C@H](CCN[C@@H](C)c1ccccc1)c1ccco1. The number of nitrogens with one attached hydrogen (secondary N) is 1. The van der Waals surface area contributed by atoms with Gasteiger partial charge in [0.15, 0.2) is 0 Å². The first-order valence-corrected chi connectivity index (χ1v) is 8.48. The molecule has 1 aromatic heterocycles. The lowest BCUT2D eigenvalue weighted by molar-refractivity contribution is 0.392. The average Bonchev–Trinajstić information content (AvgIpc) is 3.05. The van der Waals surface area contributed by atoms with E-state index in [-0.39, 0.29) is 0 Å². The first-order valence-electron chi connectivity index (χ1n) is 8.48. The number of benzene rings is 1. The summed E-state index contributed by atoms with van der Waals surface area (Å²) in [4.78, 5) is 0. The van der Waals surface area contributed by atoms with E-state index in [1.165, 1.54) is 18.4 Å². The van der Waals surface area contributed by atoms with Gasteiger partial charge in [0.1, 0.15) is 5.76 Å². The van der Waals surface area contributed by atoms with Crippen LogP contribution < -0.4 is 5.32 Å². The van der Waals surface area contributed by atoms with Crippen molar-refractivity contribution in [3.05, 3.63) is 60.1 Å². The van der Waals surface area contributed by atoms with Crippen molar-refractivity contribution in [2.75, 3.05) is 6.54 Å². The van der Waals surface area contributed by atoms with Gasteiger partial charge in [0.25, 0.3) is 0 Å². The molecule has 0 spiro atoms. The Hall–Kier alpha value is -1.54. The molecule has 0 aliphatic heterocycles. The molecular formula is C20H29NO. The standard InChI is InChI=1S/C20H29NO/c1-16(2)11-12-19(20-10-7-15-22-20)13-14-21-17(3)18-8-5-4-6-9-18/h4-10,15-17,19,21H,11-14H2,1-3H3/t17-,19+/m0/s1. The largest absolute Gasteiger partial charge is 0.469 e. The van der Waals surface area contributed by atoms with Gasteiger partial charge < -0.3 is 9.73 Å². The molecule has 2 rings (SSSR count). The maximum absolute atomic E-state index is 5.64. The second-order valence-corrected chi connectivity index (χ2v) is 6.56. The molecule has 0 saturated heterocycles. The molecule has 1 N–H and O–H groups in total. The zero-order chi connectivity index (χ0) is 15.8. The van der Waals surface area contributed by atoms with Crippen LogP contribution >= 0.6 is 0 Å². The van der Waals surface area contributed by atoms with E-state index >= 15 is 0 Å². The van der Waals surface area contributed by atoms with Crippen LogP contribution in [0.4, 0.5) is 0 Å². The third-order valence-electron chi connectivity index (χ3n) is 4.28. The van der Waals surface area contributed by atoms with Crippen molar-refractivity contribution in [2.24, 2.45) is 5.92 Å². The summed E-state index contributed by atoms with van der Waals surface area (Å²) in [5.74, 6) is 2.40. The van der Waals surface area contributed by atoms with E-state index in [4.69, 9.17) is 4.42 Å². The average molecular weight is 299 g/mol. The van der Waals surface area contributed by atoms with Crippen LogP contribution in [0.25, 0.3) is 0 Å². The van der Waals surface area contributed by atoms with E-state index in [9.17, 15) is 0 Å². The fourth-order valence-electron chi connectivity index (χ4n) is 2.82. The maximum Gasteiger partial charge on any atom is 0.106 e. The molecule has 2 aromatic rings. The van der Waals surface area contributed by atoms with Gasteiger partial charge >= 0.3 is 0 Å². The lowest BCUT2D eigenvalue weighted by Crippen LogP contribution is -2.21. The predicted octanol–water partition coefficient (Wildman–Crippen LogP) is 5.54. The quantitative estimate of drug-likeness (QED) is 0.657. The first kappa shape index (κ1) is 16.8. The molecule has 120 valence electrons. The molecule has 0 amide bonds. The minimum Gasteiger partial charge on any atom is -0.469 e. The van der Waals surface area contributed by atoms with Crippen LogP contribution in [0.3, 0.4) is 0 Å². The third kappa shape index (κ3) is 5.34. The van der Waals surface area contributed by atoms with E-state index in [2.05, 4.69) is 62.5 Å². The van der Waals surface area contributed by atoms with Crippen molar-refractivity contribution in [1.82, 2.24) is 5.32 Å². The Morgan fingerprint density at radius 2 is 1.68 bits per heavy atom. The molecule has 0 aliphatic rings. The fourth-order valence-corrected chi connectivity index (χ4v) is 2.82. The highest BCUT2D eigenvalue weighted by atomic mass is 16.3. The highest BCUT2D eigenvalue weighted by Gasteiger charge is 2.15. The van der Waals surface area contributed by atoms with Gasteiger partial charge in [0, 0.05) is 12.0 Å². The summed E-state index contributed by atoms with van der Waals surface area (Å²) in [6.45, 7) is 7.81. The molecule has 2 heteroatoms. The molecular weight excluding hydrogens is 270 g/mol. The maximum atomic E-state index is 5.64. The minimum absolute atomic E-state index is 0.392. The van der Waals surface area contributed by atoms with E-state index in [1.807, 2.05) is 6.07 Å². The smallest absolute Gasteiger partial charge is 0.106 e. The van der Waals surface area contributed by atoms with Gasteiger partial charge in [-0.2, -0.15) is 0 Å². The number of hydrogen-bond acceptors (Lipinski definition) is 2. The summed E-state index contributed by atoms with van der Waals surface area (Å²) in [6, 6.07) is 15.1. The Kier molecular flexibility index (Phi) is 6.73. The molecule has 0 bridgehead atoms. The molecule has 0 radical (unpaired) electrons. The van der Waals surface area contributed by atoms with Crippen molar-refractivity contribution in [1.29, 1.82) is 0 Å². The zero-order valence-corrected chi connectivity index (χ0v) is 14.1. The normalized spacial score (nSPS) is 14.2. The van der Waals surface area contributed by atoms with E-state index in [0.717, 1.165) is 24.6 Å². The van der Waals surface area contributed by atoms with Crippen LogP contribution in [0.5, 0.6) is 0 Å². The fraction of sp³-hybridized carbons (Fsp3) is 0.500. The van der Waals surface area contributed by atoms with Crippen LogP contribution in [0.2, 0.25) is 0 Å². The highest BCUT2D eigenvalue weighted by Crippen LogP contribution is 2.27. The lowest BCUT2D eigenvalue weighted by Gasteiger charge is -2.19. The van der Waals surface area contributed by atoms with Gasteiger partial charge in [-0.15, -0.1) is 0 Å². The van der Waals surface area contributed by atoms with Crippen LogP contribution in [-0.4, -0.2) is 6.54 Å². The van der Waals surface area contributed by atoms with Gasteiger partial charge in [0.2, 0.25) is 0 Å². The van der Waals surface area contributed by atoms with Gasteiger partial charge in [-0.25, -0.2) is 0 Å². The summed E-state index contributed by atoms with van der Waals surface area (Å²) in [5, 5.41) is 3.64. The van der Waals surface area contributed by atoms with Gasteiger partial charge in [-0.1, -0.05) is 50.6 Å². The second kappa shape index (κ2) is 8.79. The van der Waals surface area contributed by atoms with E-state index < -0.39 is 0 Å². The first-order chi connectivity index (χ1) is 10.7. The van der Waals surface area contributed by atoms with Gasteiger partial charge in [0.05, 0.1) is 6.26 Å². The summed E-state index contributed by atoms with van der Waals surface area (Å²) in [7, 11) is 0. The molecule has 1 heterocycles. The van der Waals surface area contributed by atoms with Crippen molar-refractivity contribution >= 4 is 0 Å². The Morgan fingerprint density at radius 3 is 2.32 bits per heavy atom. The Labute approximate surface area is 134 Å². The summed E-state index contributed by atoms with van der Waals surface area (Å²) in [5.41, 5.74) is 1.35. The topological polar surface area (TPSA) is 25.2 Å². The van der Waals surface area contributed by atoms with Crippen molar-refractivity contribution in [2.45, 2.75) is 52.0 Å². The Bertz CT molecular complexity index is 504. The summed E-state index contributed by atoms with van der Waals surface area (Å²) in [6.07, 6.45) is 5.36. The number of rotatable bonds is 9.